The minimum absolute atomic E-state index is 0.139. The molecule has 4 aromatic rings. The van der Waals surface area contributed by atoms with E-state index in [1.807, 2.05) is 67.2 Å². The molecule has 6 heteroatoms. The van der Waals surface area contributed by atoms with E-state index in [9.17, 15) is 4.79 Å². The minimum Gasteiger partial charge on any atom is -0.439 e. The van der Waals surface area contributed by atoms with Crippen molar-refractivity contribution in [2.24, 2.45) is 0 Å². The molecular formula is C23H20N4O2. The van der Waals surface area contributed by atoms with Crippen molar-refractivity contribution in [3.8, 4) is 17.4 Å². The molecule has 0 aliphatic carbocycles. The third-order valence-electron chi connectivity index (χ3n) is 4.39. The van der Waals surface area contributed by atoms with E-state index in [1.165, 1.54) is 0 Å². The Balaban J connectivity index is 1.48. The lowest BCUT2D eigenvalue weighted by Crippen LogP contribution is -2.13. The van der Waals surface area contributed by atoms with Gasteiger partial charge in [-0.1, -0.05) is 18.2 Å². The fourth-order valence-electron chi connectivity index (χ4n) is 2.95. The predicted octanol–water partition coefficient (Wildman–Crippen LogP) is 4.93. The molecule has 0 bridgehead atoms. The first-order chi connectivity index (χ1) is 14.1. The van der Waals surface area contributed by atoms with E-state index in [4.69, 9.17) is 4.74 Å². The second kappa shape index (κ2) is 7.98. The maximum Gasteiger partial charge on any atom is 0.255 e. The Kier molecular flexibility index (Phi) is 5.07. The molecule has 4 rings (SSSR count). The number of hydrogen-bond acceptors (Lipinski definition) is 4. The van der Waals surface area contributed by atoms with Crippen molar-refractivity contribution in [3.05, 3.63) is 96.1 Å². The third-order valence-corrected chi connectivity index (χ3v) is 4.39. The molecule has 2 heterocycles. The summed E-state index contributed by atoms with van der Waals surface area (Å²) in [5.74, 6) is 2.29. The molecule has 0 aliphatic rings. The smallest absolute Gasteiger partial charge is 0.255 e. The second-order valence-corrected chi connectivity index (χ2v) is 6.60. The summed E-state index contributed by atoms with van der Waals surface area (Å²) in [5, 5.41) is 2.90. The summed E-state index contributed by atoms with van der Waals surface area (Å²) in [4.78, 5) is 21.2. The van der Waals surface area contributed by atoms with Gasteiger partial charge in [0, 0.05) is 29.7 Å². The Hall–Kier alpha value is -3.93. The topological polar surface area (TPSA) is 69.0 Å². The first kappa shape index (κ1) is 18.4. The quantitative estimate of drug-likeness (QED) is 0.530. The van der Waals surface area contributed by atoms with Gasteiger partial charge in [-0.25, -0.2) is 4.98 Å². The average molecular weight is 384 g/mol. The molecule has 0 atom stereocenters. The number of aryl methyl sites for hydroxylation is 2. The zero-order chi connectivity index (χ0) is 20.2. The maximum atomic E-state index is 12.4. The molecule has 144 valence electrons. The molecule has 1 N–H and O–H groups in total. The van der Waals surface area contributed by atoms with Gasteiger partial charge in [0.25, 0.3) is 5.91 Å². The highest BCUT2D eigenvalue weighted by atomic mass is 16.5. The number of nitrogens with one attached hydrogen (secondary N) is 1. The molecule has 0 spiro atoms. The third kappa shape index (κ3) is 4.32. The molecule has 0 saturated carbocycles. The Labute approximate surface area is 168 Å². The number of amides is 1. The first-order valence-electron chi connectivity index (χ1n) is 9.22. The van der Waals surface area contributed by atoms with Crippen LogP contribution in [0.5, 0.6) is 11.6 Å². The monoisotopic (exact) mass is 384 g/mol. The van der Waals surface area contributed by atoms with Crippen LogP contribution >= 0.6 is 0 Å². The summed E-state index contributed by atoms with van der Waals surface area (Å²) >= 11 is 0. The van der Waals surface area contributed by atoms with E-state index >= 15 is 0 Å². The number of rotatable bonds is 5. The summed E-state index contributed by atoms with van der Waals surface area (Å²) in [7, 11) is 0. The number of benzene rings is 2. The van der Waals surface area contributed by atoms with Gasteiger partial charge in [0.1, 0.15) is 17.4 Å². The van der Waals surface area contributed by atoms with E-state index in [0.717, 1.165) is 11.4 Å². The number of anilines is 1. The van der Waals surface area contributed by atoms with Crippen molar-refractivity contribution in [2.45, 2.75) is 13.8 Å². The van der Waals surface area contributed by atoms with Crippen molar-refractivity contribution >= 4 is 11.6 Å². The van der Waals surface area contributed by atoms with E-state index in [-0.39, 0.29) is 5.91 Å². The summed E-state index contributed by atoms with van der Waals surface area (Å²) < 4.78 is 7.78. The van der Waals surface area contributed by atoms with Gasteiger partial charge in [-0.3, -0.25) is 4.79 Å². The number of nitrogens with zero attached hydrogens (tertiary/aromatic N) is 3. The highest BCUT2D eigenvalue weighted by Gasteiger charge is 2.09. The molecule has 0 fully saturated rings. The molecule has 0 unspecified atom stereocenters. The van der Waals surface area contributed by atoms with Gasteiger partial charge in [0.15, 0.2) is 0 Å². The van der Waals surface area contributed by atoms with Crippen molar-refractivity contribution in [3.63, 3.8) is 0 Å². The van der Waals surface area contributed by atoms with Crippen molar-refractivity contribution in [1.29, 1.82) is 0 Å². The van der Waals surface area contributed by atoms with Gasteiger partial charge >= 0.3 is 0 Å². The van der Waals surface area contributed by atoms with Crippen LogP contribution < -0.4 is 10.1 Å². The molecule has 2 aromatic carbocycles. The normalized spacial score (nSPS) is 10.6. The molecule has 0 radical (unpaired) electrons. The largest absolute Gasteiger partial charge is 0.439 e. The van der Waals surface area contributed by atoms with Crippen molar-refractivity contribution in [2.75, 3.05) is 5.32 Å². The molecule has 0 saturated heterocycles. The zero-order valence-corrected chi connectivity index (χ0v) is 16.2. The van der Waals surface area contributed by atoms with Crippen LogP contribution in [0, 0.1) is 13.8 Å². The van der Waals surface area contributed by atoms with E-state index in [2.05, 4.69) is 15.3 Å². The Morgan fingerprint density at radius 1 is 0.931 bits per heavy atom. The van der Waals surface area contributed by atoms with Crippen LogP contribution in [0.3, 0.4) is 0 Å². The van der Waals surface area contributed by atoms with Crippen LogP contribution in [0.2, 0.25) is 0 Å². The number of hydrogen-bond donors (Lipinski definition) is 1. The summed E-state index contributed by atoms with van der Waals surface area (Å²) in [5.41, 5.74) is 2.28. The second-order valence-electron chi connectivity index (χ2n) is 6.60. The SMILES string of the molecule is Cc1nc(Oc2ccc(NC(=O)c3ccccc3C)cc2)cc(-n2cccc2)n1. The Morgan fingerprint density at radius 3 is 2.38 bits per heavy atom. The lowest BCUT2D eigenvalue weighted by atomic mass is 10.1. The van der Waals surface area contributed by atoms with Gasteiger partial charge in [-0.05, 0) is 61.9 Å². The van der Waals surface area contributed by atoms with Crippen molar-refractivity contribution < 1.29 is 9.53 Å². The standard InChI is InChI=1S/C23H20N4O2/c1-16-7-3-4-8-20(16)23(28)26-18-9-11-19(12-10-18)29-22-15-21(24-17(2)25-22)27-13-5-6-14-27/h3-15H,1-2H3,(H,26,28). The predicted molar refractivity (Wildman–Crippen MR) is 112 cm³/mol. The first-order valence-corrected chi connectivity index (χ1v) is 9.22. The van der Waals surface area contributed by atoms with Gasteiger partial charge in [-0.15, -0.1) is 0 Å². The lowest BCUT2D eigenvalue weighted by Gasteiger charge is -2.10. The number of carbonyl (C=O) groups is 1. The molecule has 1 amide bonds. The van der Waals surface area contributed by atoms with E-state index in [1.54, 1.807) is 30.3 Å². The summed E-state index contributed by atoms with van der Waals surface area (Å²) in [6, 6.07) is 20.3. The van der Waals surface area contributed by atoms with Crippen LogP contribution in [-0.4, -0.2) is 20.4 Å². The number of aromatic nitrogens is 3. The number of carbonyl (C=O) groups excluding carboxylic acids is 1. The summed E-state index contributed by atoms with van der Waals surface area (Å²) in [6.07, 6.45) is 3.83. The fraction of sp³-hybridized carbons (Fsp3) is 0.0870. The molecular weight excluding hydrogens is 364 g/mol. The molecule has 6 nitrogen and oxygen atoms in total. The summed E-state index contributed by atoms with van der Waals surface area (Å²) in [6.45, 7) is 3.74. The minimum atomic E-state index is -0.139. The highest BCUT2D eigenvalue weighted by Crippen LogP contribution is 2.23. The van der Waals surface area contributed by atoms with E-state index in [0.29, 0.717) is 28.7 Å². The average Bonchev–Trinajstić information content (AvgIpc) is 3.24. The molecule has 29 heavy (non-hydrogen) atoms. The van der Waals surface area contributed by atoms with Gasteiger partial charge in [-0.2, -0.15) is 4.98 Å². The van der Waals surface area contributed by atoms with Crippen LogP contribution in [0.15, 0.2) is 79.1 Å². The highest BCUT2D eigenvalue weighted by molar-refractivity contribution is 6.05. The van der Waals surface area contributed by atoms with Gasteiger partial charge < -0.3 is 14.6 Å². The van der Waals surface area contributed by atoms with Crippen LogP contribution in [0.4, 0.5) is 5.69 Å². The lowest BCUT2D eigenvalue weighted by molar-refractivity contribution is 0.102. The number of ether oxygens (including phenoxy) is 1. The van der Waals surface area contributed by atoms with Crippen LogP contribution in [0.1, 0.15) is 21.7 Å². The van der Waals surface area contributed by atoms with Crippen LogP contribution in [0.25, 0.3) is 5.82 Å². The van der Waals surface area contributed by atoms with Crippen molar-refractivity contribution in [1.82, 2.24) is 14.5 Å². The maximum absolute atomic E-state index is 12.4. The van der Waals surface area contributed by atoms with E-state index < -0.39 is 0 Å². The Morgan fingerprint density at radius 2 is 1.66 bits per heavy atom. The fourth-order valence-corrected chi connectivity index (χ4v) is 2.95. The van der Waals surface area contributed by atoms with Crippen LogP contribution in [-0.2, 0) is 0 Å². The zero-order valence-electron chi connectivity index (χ0n) is 16.2. The van der Waals surface area contributed by atoms with Gasteiger partial charge in [0.05, 0.1) is 0 Å². The molecule has 0 aliphatic heterocycles. The Bertz CT molecular complexity index is 1140. The molecule has 2 aromatic heterocycles. The van der Waals surface area contributed by atoms with Gasteiger partial charge in [0.2, 0.25) is 5.88 Å².